The first-order valence-electron chi connectivity index (χ1n) is 4.59. The number of hydrogen-bond acceptors (Lipinski definition) is 2. The van der Waals surface area contributed by atoms with Crippen LogP contribution in [0.5, 0.6) is 0 Å². The lowest BCUT2D eigenvalue weighted by atomic mass is 10.0. The highest BCUT2D eigenvalue weighted by molar-refractivity contribution is 5.43. The van der Waals surface area contributed by atoms with Crippen LogP contribution in [-0.4, -0.2) is 5.92 Å². The van der Waals surface area contributed by atoms with Crippen molar-refractivity contribution in [1.29, 1.82) is 5.53 Å². The Balaban J connectivity index is 2.61. The third-order valence-electron chi connectivity index (χ3n) is 2.69. The Morgan fingerprint density at radius 1 is 1.53 bits per heavy atom. The number of nitrogens with zero attached hydrogens (tertiary/aromatic N) is 2. The van der Waals surface area contributed by atoms with Gasteiger partial charge in [-0.15, -0.1) is 0 Å². The van der Waals surface area contributed by atoms with Gasteiger partial charge in [0.15, 0.2) is 0 Å². The van der Waals surface area contributed by atoms with Gasteiger partial charge in [0.05, 0.1) is 0 Å². The van der Waals surface area contributed by atoms with Crippen molar-refractivity contribution in [2.75, 3.05) is 0 Å². The Bertz CT molecular complexity index is 450. The molecule has 0 fully saturated rings. The van der Waals surface area contributed by atoms with Gasteiger partial charge in [0.25, 0.3) is 5.92 Å². The summed E-state index contributed by atoms with van der Waals surface area (Å²) < 4.78 is 27.1. The highest BCUT2D eigenvalue weighted by atomic mass is 19.3. The number of benzene rings is 1. The Labute approximate surface area is 85.4 Å². The van der Waals surface area contributed by atoms with Crippen LogP contribution >= 0.6 is 0 Å². The first-order chi connectivity index (χ1) is 7.06. The minimum absolute atomic E-state index is 0.312. The van der Waals surface area contributed by atoms with Gasteiger partial charge >= 0.3 is 0 Å². The molecule has 0 aromatic heterocycles. The van der Waals surface area contributed by atoms with Crippen LogP contribution in [0.15, 0.2) is 23.3 Å². The van der Waals surface area contributed by atoms with E-state index in [2.05, 4.69) is 10.0 Å². The summed E-state index contributed by atoms with van der Waals surface area (Å²) in [6.45, 7) is 1.77. The molecule has 5 heteroatoms. The Hall–Kier alpha value is -1.61. The molecule has 0 saturated heterocycles. The second-order valence-corrected chi connectivity index (χ2v) is 3.70. The van der Waals surface area contributed by atoms with Gasteiger partial charge in [-0.2, -0.15) is 0 Å². The molecule has 0 heterocycles. The van der Waals surface area contributed by atoms with Crippen LogP contribution in [0.25, 0.3) is 0 Å². The van der Waals surface area contributed by atoms with E-state index in [-0.39, 0.29) is 6.42 Å². The summed E-state index contributed by atoms with van der Waals surface area (Å²) >= 11 is 0. The first-order valence-corrected chi connectivity index (χ1v) is 4.59. The average molecular weight is 210 g/mol. The van der Waals surface area contributed by atoms with E-state index in [1.54, 1.807) is 25.1 Å². The Morgan fingerprint density at radius 3 is 2.93 bits per heavy atom. The first kappa shape index (κ1) is 9.93. The molecule has 1 unspecified atom stereocenters. The molecule has 0 spiro atoms. The van der Waals surface area contributed by atoms with Crippen molar-refractivity contribution in [3.8, 4) is 0 Å². The molecular weight excluding hydrogens is 200 g/mol. The van der Waals surface area contributed by atoms with E-state index >= 15 is 0 Å². The van der Waals surface area contributed by atoms with Crippen molar-refractivity contribution in [1.82, 2.24) is 4.91 Å². The van der Waals surface area contributed by atoms with Crippen molar-refractivity contribution in [3.05, 3.63) is 34.9 Å². The lowest BCUT2D eigenvalue weighted by Gasteiger charge is -2.10. The van der Waals surface area contributed by atoms with Gasteiger partial charge in [0, 0.05) is 6.42 Å². The van der Waals surface area contributed by atoms with Gasteiger partial charge in [-0.1, -0.05) is 18.2 Å². The summed E-state index contributed by atoms with van der Waals surface area (Å²) in [5.41, 5.74) is 8.50. The molecule has 0 aliphatic heterocycles. The smallest absolute Gasteiger partial charge is 0.203 e. The zero-order valence-corrected chi connectivity index (χ0v) is 8.17. The zero-order chi connectivity index (χ0) is 11.1. The minimum Gasteiger partial charge on any atom is -0.203 e. The molecule has 0 amide bonds. The van der Waals surface area contributed by atoms with Crippen LogP contribution in [0.1, 0.15) is 22.7 Å². The van der Waals surface area contributed by atoms with Crippen molar-refractivity contribution < 1.29 is 8.78 Å². The van der Waals surface area contributed by atoms with Gasteiger partial charge in [-0.05, 0) is 23.6 Å². The van der Waals surface area contributed by atoms with E-state index in [0.29, 0.717) is 11.1 Å². The maximum atomic E-state index is 13.5. The van der Waals surface area contributed by atoms with Crippen molar-refractivity contribution in [2.24, 2.45) is 5.11 Å². The van der Waals surface area contributed by atoms with Gasteiger partial charge in [0.1, 0.15) is 10.6 Å². The summed E-state index contributed by atoms with van der Waals surface area (Å²) in [7, 11) is 0. The third kappa shape index (κ3) is 1.45. The van der Waals surface area contributed by atoms with E-state index in [9.17, 15) is 8.78 Å². The van der Waals surface area contributed by atoms with E-state index in [1.807, 2.05) is 0 Å². The fraction of sp³-hybridized carbons (Fsp3) is 0.400. The third-order valence-corrected chi connectivity index (χ3v) is 2.69. The largest absolute Gasteiger partial charge is 0.285 e. The number of aryl methyl sites for hydroxylation is 1. The molecule has 1 N–H and O–H groups in total. The number of alkyl halides is 2. The highest BCUT2D eigenvalue weighted by Gasteiger charge is 2.51. The molecule has 1 aromatic carbocycles. The van der Waals surface area contributed by atoms with Gasteiger partial charge in [-0.3, -0.25) is 0 Å². The van der Waals surface area contributed by atoms with Crippen LogP contribution < -0.4 is 4.91 Å². The molecule has 3 nitrogen and oxygen atoms in total. The van der Waals surface area contributed by atoms with Gasteiger partial charge in [0.2, 0.25) is 11.0 Å². The lowest BCUT2D eigenvalue weighted by molar-refractivity contribution is -0.0153. The predicted molar refractivity (Wildman–Crippen MR) is 49.9 cm³/mol. The number of fused-ring (bicyclic) bond motifs is 1. The van der Waals surface area contributed by atoms with Crippen molar-refractivity contribution in [2.45, 2.75) is 25.3 Å². The molecule has 1 aliphatic carbocycles. The maximum absolute atomic E-state index is 13.5. The predicted octanol–water partition coefficient (Wildman–Crippen LogP) is 2.78. The molecular formula is C10H10F2N3+. The lowest BCUT2D eigenvalue weighted by Crippen LogP contribution is -2.20. The van der Waals surface area contributed by atoms with E-state index in [4.69, 9.17) is 5.53 Å². The van der Waals surface area contributed by atoms with Crippen LogP contribution in [0.2, 0.25) is 0 Å². The number of hydrogen-bond donors (Lipinski definition) is 1. The summed E-state index contributed by atoms with van der Waals surface area (Å²) in [5, 5.41) is 3.32. The topological polar surface area (TPSA) is 50.3 Å². The van der Waals surface area contributed by atoms with Crippen LogP contribution in [0.3, 0.4) is 0 Å². The molecule has 0 saturated carbocycles. The SMILES string of the molecule is Cc1cccc2c1C(N=[N+]=N)C(F)(F)C2. The van der Waals surface area contributed by atoms with E-state index < -0.39 is 12.0 Å². The average Bonchev–Trinajstić information content (AvgIpc) is 2.39. The standard InChI is InChI=1S/C10H10F2N3/c1-6-3-2-4-7-5-10(11,12)9(8(6)7)14-15-13/h2-4,9,13H,5H2,1H3/q+1. The fourth-order valence-corrected chi connectivity index (χ4v) is 2.05. The van der Waals surface area contributed by atoms with Crippen LogP contribution in [0, 0.1) is 12.5 Å². The molecule has 1 aromatic rings. The second-order valence-electron chi connectivity index (χ2n) is 3.70. The normalized spacial score (nSPS) is 21.9. The molecule has 0 bridgehead atoms. The second kappa shape index (κ2) is 3.21. The van der Waals surface area contributed by atoms with Gasteiger partial charge in [-0.25, -0.2) is 8.78 Å². The molecule has 2 rings (SSSR count). The van der Waals surface area contributed by atoms with E-state index in [1.165, 1.54) is 0 Å². The summed E-state index contributed by atoms with van der Waals surface area (Å²) in [4.78, 5) is 2.75. The molecule has 0 radical (unpaired) electrons. The van der Waals surface area contributed by atoms with E-state index in [0.717, 1.165) is 5.56 Å². The molecule has 1 aliphatic rings. The Kier molecular flexibility index (Phi) is 2.12. The zero-order valence-electron chi connectivity index (χ0n) is 8.17. The molecule has 78 valence electrons. The molecule has 1 atom stereocenters. The number of rotatable bonds is 1. The van der Waals surface area contributed by atoms with Crippen molar-refractivity contribution >= 4 is 0 Å². The highest BCUT2D eigenvalue weighted by Crippen LogP contribution is 2.46. The molecule has 15 heavy (non-hydrogen) atoms. The number of nitrogens with one attached hydrogen (secondary N) is 1. The quantitative estimate of drug-likeness (QED) is 0.547. The minimum atomic E-state index is -2.92. The van der Waals surface area contributed by atoms with Crippen molar-refractivity contribution in [3.63, 3.8) is 0 Å². The summed E-state index contributed by atoms with van der Waals surface area (Å²) in [6, 6.07) is 3.92. The maximum Gasteiger partial charge on any atom is 0.285 e. The monoisotopic (exact) mass is 210 g/mol. The summed E-state index contributed by atoms with van der Waals surface area (Å²) in [5.74, 6) is -2.92. The Morgan fingerprint density at radius 2 is 2.27 bits per heavy atom. The fourth-order valence-electron chi connectivity index (χ4n) is 2.05. The van der Waals surface area contributed by atoms with Crippen LogP contribution in [-0.2, 0) is 6.42 Å². The van der Waals surface area contributed by atoms with Gasteiger partial charge < -0.3 is 0 Å². The van der Waals surface area contributed by atoms with Crippen LogP contribution in [0.4, 0.5) is 8.78 Å². The summed E-state index contributed by atoms with van der Waals surface area (Å²) in [6.07, 6.45) is -0.312. The number of halogens is 2.